The predicted octanol–water partition coefficient (Wildman–Crippen LogP) is 1.59. The van der Waals surface area contributed by atoms with E-state index in [4.69, 9.17) is 10.5 Å². The molecule has 0 bridgehead atoms. The van der Waals surface area contributed by atoms with Crippen molar-refractivity contribution in [3.8, 4) is 0 Å². The number of nitrogens with zero attached hydrogens (tertiary/aromatic N) is 2. The van der Waals surface area contributed by atoms with E-state index < -0.39 is 0 Å². The average molecular weight is 249 g/mol. The molecule has 18 heavy (non-hydrogen) atoms. The van der Waals surface area contributed by atoms with Gasteiger partial charge in [0, 0.05) is 19.3 Å². The third kappa shape index (κ3) is 3.00. The summed E-state index contributed by atoms with van der Waals surface area (Å²) in [6.45, 7) is 8.77. The third-order valence-corrected chi connectivity index (χ3v) is 3.15. The second kappa shape index (κ2) is 5.24. The van der Waals surface area contributed by atoms with Crippen LogP contribution in [0.2, 0.25) is 0 Å². The quantitative estimate of drug-likeness (QED) is 0.884. The zero-order valence-electron chi connectivity index (χ0n) is 11.5. The van der Waals surface area contributed by atoms with Gasteiger partial charge >= 0.3 is 0 Å². The van der Waals surface area contributed by atoms with Crippen molar-refractivity contribution in [3.05, 3.63) is 23.9 Å². The Hall–Kier alpha value is -1.13. The normalized spacial score (nSPS) is 23.1. The molecule has 2 heterocycles. The van der Waals surface area contributed by atoms with Gasteiger partial charge in [0.2, 0.25) is 0 Å². The summed E-state index contributed by atoms with van der Waals surface area (Å²) in [6, 6.07) is 4.09. The van der Waals surface area contributed by atoms with Gasteiger partial charge in [-0.2, -0.15) is 0 Å². The van der Waals surface area contributed by atoms with Crippen molar-refractivity contribution in [1.29, 1.82) is 0 Å². The lowest BCUT2D eigenvalue weighted by Crippen LogP contribution is -2.52. The molecule has 4 nitrogen and oxygen atoms in total. The van der Waals surface area contributed by atoms with Crippen molar-refractivity contribution in [2.45, 2.75) is 38.9 Å². The molecule has 0 amide bonds. The van der Waals surface area contributed by atoms with Gasteiger partial charge in [-0.1, -0.05) is 6.07 Å². The molecular formula is C14H23N3O. The minimum atomic E-state index is -0.130. The minimum absolute atomic E-state index is 0.130. The highest BCUT2D eigenvalue weighted by Crippen LogP contribution is 2.26. The second-order valence-electron chi connectivity index (χ2n) is 5.59. The van der Waals surface area contributed by atoms with E-state index in [1.165, 1.54) is 5.56 Å². The Labute approximate surface area is 109 Å². The molecule has 0 spiro atoms. The topological polar surface area (TPSA) is 51.4 Å². The number of hydrogen-bond acceptors (Lipinski definition) is 4. The summed E-state index contributed by atoms with van der Waals surface area (Å²) in [6.07, 6.45) is 2.94. The van der Waals surface area contributed by atoms with Crippen molar-refractivity contribution in [2.24, 2.45) is 5.73 Å². The molecule has 1 unspecified atom stereocenters. The number of rotatable bonds is 3. The van der Waals surface area contributed by atoms with Gasteiger partial charge in [0.15, 0.2) is 0 Å². The Balaban J connectivity index is 2.25. The molecule has 1 aliphatic rings. The molecule has 4 heteroatoms. The Morgan fingerprint density at radius 1 is 1.56 bits per heavy atom. The molecule has 2 rings (SSSR count). The van der Waals surface area contributed by atoms with Gasteiger partial charge in [-0.3, -0.25) is 0 Å². The van der Waals surface area contributed by atoms with E-state index in [1.54, 1.807) is 0 Å². The van der Waals surface area contributed by atoms with E-state index in [0.29, 0.717) is 6.54 Å². The largest absolute Gasteiger partial charge is 0.369 e. The summed E-state index contributed by atoms with van der Waals surface area (Å²) in [5.41, 5.74) is 6.77. The van der Waals surface area contributed by atoms with Crippen molar-refractivity contribution in [1.82, 2.24) is 4.98 Å². The minimum Gasteiger partial charge on any atom is -0.369 e. The molecule has 0 aromatic carbocycles. The van der Waals surface area contributed by atoms with Gasteiger partial charge in [-0.25, -0.2) is 4.98 Å². The van der Waals surface area contributed by atoms with Gasteiger partial charge in [-0.05, 0) is 45.4 Å². The number of anilines is 1. The smallest absolute Gasteiger partial charge is 0.131 e. The highest BCUT2D eigenvalue weighted by Gasteiger charge is 2.32. The summed E-state index contributed by atoms with van der Waals surface area (Å²) >= 11 is 0. The maximum atomic E-state index is 5.93. The van der Waals surface area contributed by atoms with Gasteiger partial charge < -0.3 is 15.4 Å². The van der Waals surface area contributed by atoms with Gasteiger partial charge in [-0.15, -0.1) is 0 Å². The van der Waals surface area contributed by atoms with E-state index in [-0.39, 0.29) is 11.7 Å². The number of morpholine rings is 1. The zero-order chi connectivity index (χ0) is 13.2. The van der Waals surface area contributed by atoms with Crippen LogP contribution in [-0.4, -0.2) is 36.3 Å². The Morgan fingerprint density at radius 2 is 2.33 bits per heavy atom. The summed E-state index contributed by atoms with van der Waals surface area (Å²) in [5, 5.41) is 0. The van der Waals surface area contributed by atoms with Crippen molar-refractivity contribution < 1.29 is 4.74 Å². The number of hydrogen-bond donors (Lipinski definition) is 1. The van der Waals surface area contributed by atoms with Gasteiger partial charge in [0.1, 0.15) is 5.82 Å². The fraction of sp³-hybridized carbons (Fsp3) is 0.643. The lowest BCUT2D eigenvalue weighted by molar-refractivity contribution is -0.0752. The number of ether oxygens (including phenoxy) is 1. The number of pyridine rings is 1. The monoisotopic (exact) mass is 249 g/mol. The van der Waals surface area contributed by atoms with Crippen LogP contribution >= 0.6 is 0 Å². The van der Waals surface area contributed by atoms with Crippen LogP contribution < -0.4 is 10.6 Å². The molecule has 1 aromatic rings. The average Bonchev–Trinajstić information content (AvgIpc) is 2.27. The van der Waals surface area contributed by atoms with E-state index in [2.05, 4.69) is 36.7 Å². The lowest BCUT2D eigenvalue weighted by atomic mass is 10.0. The molecule has 1 aromatic heterocycles. The molecule has 2 N–H and O–H groups in total. The van der Waals surface area contributed by atoms with E-state index in [1.807, 2.05) is 12.3 Å². The van der Waals surface area contributed by atoms with Crippen LogP contribution in [-0.2, 0) is 11.2 Å². The second-order valence-corrected chi connectivity index (χ2v) is 5.59. The summed E-state index contributed by atoms with van der Waals surface area (Å²) < 4.78 is 5.93. The van der Waals surface area contributed by atoms with Gasteiger partial charge in [0.25, 0.3) is 0 Å². The third-order valence-electron chi connectivity index (χ3n) is 3.15. The van der Waals surface area contributed by atoms with Crippen LogP contribution in [0.1, 0.15) is 26.3 Å². The first-order valence-electron chi connectivity index (χ1n) is 6.58. The summed E-state index contributed by atoms with van der Waals surface area (Å²) in [7, 11) is 0. The molecule has 1 aliphatic heterocycles. The van der Waals surface area contributed by atoms with Crippen LogP contribution in [0.3, 0.4) is 0 Å². The number of nitrogens with two attached hydrogens (primary N) is 1. The molecular weight excluding hydrogens is 226 g/mol. The van der Waals surface area contributed by atoms with Crippen LogP contribution in [0.25, 0.3) is 0 Å². The Kier molecular flexibility index (Phi) is 3.88. The van der Waals surface area contributed by atoms with E-state index >= 15 is 0 Å². The molecule has 0 aliphatic carbocycles. The maximum Gasteiger partial charge on any atom is 0.131 e. The first-order chi connectivity index (χ1) is 8.52. The van der Waals surface area contributed by atoms with Crippen molar-refractivity contribution >= 4 is 5.82 Å². The Morgan fingerprint density at radius 3 is 3.00 bits per heavy atom. The van der Waals surface area contributed by atoms with Gasteiger partial charge in [0.05, 0.1) is 11.7 Å². The zero-order valence-corrected chi connectivity index (χ0v) is 11.5. The fourth-order valence-electron chi connectivity index (χ4n) is 2.68. The highest BCUT2D eigenvalue weighted by molar-refractivity contribution is 5.47. The summed E-state index contributed by atoms with van der Waals surface area (Å²) in [5.74, 6) is 1.06. The van der Waals surface area contributed by atoms with Crippen LogP contribution in [0.15, 0.2) is 18.3 Å². The SMILES string of the molecule is CC1CN(c2ncccc2CCN)CC(C)(C)O1. The first kappa shape index (κ1) is 13.3. The molecule has 1 saturated heterocycles. The standard InChI is InChI=1S/C14H23N3O/c1-11-9-17(10-14(2,3)18-11)13-12(6-7-15)5-4-8-16-13/h4-5,8,11H,6-7,9-10,15H2,1-3H3. The number of aromatic nitrogens is 1. The predicted molar refractivity (Wildman–Crippen MR) is 73.8 cm³/mol. The fourth-order valence-corrected chi connectivity index (χ4v) is 2.68. The molecule has 1 atom stereocenters. The maximum absolute atomic E-state index is 5.93. The molecule has 0 saturated carbocycles. The molecule has 1 fully saturated rings. The van der Waals surface area contributed by atoms with Crippen molar-refractivity contribution in [2.75, 3.05) is 24.5 Å². The lowest BCUT2D eigenvalue weighted by Gasteiger charge is -2.42. The molecule has 0 radical (unpaired) electrons. The highest BCUT2D eigenvalue weighted by atomic mass is 16.5. The van der Waals surface area contributed by atoms with Crippen LogP contribution in [0, 0.1) is 0 Å². The molecule has 100 valence electrons. The first-order valence-corrected chi connectivity index (χ1v) is 6.58. The van der Waals surface area contributed by atoms with Crippen LogP contribution in [0.5, 0.6) is 0 Å². The van der Waals surface area contributed by atoms with E-state index in [0.717, 1.165) is 25.3 Å². The van der Waals surface area contributed by atoms with Crippen molar-refractivity contribution in [3.63, 3.8) is 0 Å². The van der Waals surface area contributed by atoms with Crippen LogP contribution in [0.4, 0.5) is 5.82 Å². The summed E-state index contributed by atoms with van der Waals surface area (Å²) in [4.78, 5) is 6.85. The van der Waals surface area contributed by atoms with E-state index in [9.17, 15) is 0 Å². The Bertz CT molecular complexity index is 406.